The summed E-state index contributed by atoms with van der Waals surface area (Å²) in [5.41, 5.74) is 0. The van der Waals surface area contributed by atoms with Crippen molar-refractivity contribution in [2.24, 2.45) is 0 Å². The van der Waals surface area contributed by atoms with Gasteiger partial charge in [-0.2, -0.15) is 23.5 Å². The predicted octanol–water partition coefficient (Wildman–Crippen LogP) is 3.90. The van der Waals surface area contributed by atoms with Crippen molar-refractivity contribution in [2.45, 2.75) is 51.2 Å². The van der Waals surface area contributed by atoms with Crippen molar-refractivity contribution in [3.63, 3.8) is 0 Å². The maximum atomic E-state index is 10.4. The van der Waals surface area contributed by atoms with E-state index >= 15 is 0 Å². The Kier molecular flexibility index (Phi) is 11.8. The third-order valence-electron chi connectivity index (χ3n) is 2.36. The van der Waals surface area contributed by atoms with Crippen LogP contribution in [-0.2, 0) is 4.79 Å². The average molecular weight is 264 g/mol. The second-order valence-electron chi connectivity index (χ2n) is 3.70. The summed E-state index contributed by atoms with van der Waals surface area (Å²) >= 11 is 4.02. The number of carbonyl (C=O) groups is 1. The van der Waals surface area contributed by atoms with Crippen molar-refractivity contribution in [1.29, 1.82) is 0 Å². The Morgan fingerprint density at radius 1 is 1.19 bits per heavy atom. The predicted molar refractivity (Wildman–Crippen MR) is 75.6 cm³/mol. The lowest BCUT2D eigenvalue weighted by Crippen LogP contribution is -2.05. The van der Waals surface area contributed by atoms with E-state index in [1.165, 1.54) is 30.1 Å². The van der Waals surface area contributed by atoms with E-state index in [4.69, 9.17) is 5.11 Å². The van der Waals surface area contributed by atoms with Crippen LogP contribution in [0.25, 0.3) is 0 Å². The maximum Gasteiger partial charge on any atom is 0.303 e. The fourth-order valence-corrected chi connectivity index (χ4v) is 3.53. The van der Waals surface area contributed by atoms with Crippen LogP contribution in [0.4, 0.5) is 0 Å². The van der Waals surface area contributed by atoms with Gasteiger partial charge in [-0.1, -0.05) is 20.3 Å². The number of carboxylic acids is 1. The Morgan fingerprint density at radius 3 is 2.50 bits per heavy atom. The number of carboxylic acid groups (broad SMARTS) is 1. The summed E-state index contributed by atoms with van der Waals surface area (Å²) < 4.78 is 0. The molecule has 0 saturated carbocycles. The molecule has 0 spiro atoms. The maximum absolute atomic E-state index is 10.4. The summed E-state index contributed by atoms with van der Waals surface area (Å²) in [5.74, 6) is 2.94. The lowest BCUT2D eigenvalue weighted by Gasteiger charge is -2.14. The molecule has 1 unspecified atom stereocenters. The molecule has 96 valence electrons. The normalized spacial score (nSPS) is 12.6. The second kappa shape index (κ2) is 11.6. The lowest BCUT2D eigenvalue weighted by atomic mass is 10.1. The number of hydrogen-bond donors (Lipinski definition) is 1. The van der Waals surface area contributed by atoms with Gasteiger partial charge < -0.3 is 5.11 Å². The molecular weight excluding hydrogens is 240 g/mol. The molecule has 0 radical (unpaired) electrons. The fourth-order valence-electron chi connectivity index (χ4n) is 1.55. The van der Waals surface area contributed by atoms with Crippen LogP contribution in [0.2, 0.25) is 0 Å². The van der Waals surface area contributed by atoms with E-state index in [9.17, 15) is 4.79 Å². The highest BCUT2D eigenvalue weighted by Crippen LogP contribution is 2.22. The first kappa shape index (κ1) is 16.2. The quantitative estimate of drug-likeness (QED) is 0.574. The highest BCUT2D eigenvalue weighted by atomic mass is 32.2. The van der Waals surface area contributed by atoms with Crippen LogP contribution in [0.3, 0.4) is 0 Å². The zero-order chi connectivity index (χ0) is 12.2. The van der Waals surface area contributed by atoms with Gasteiger partial charge in [-0.25, -0.2) is 0 Å². The monoisotopic (exact) mass is 264 g/mol. The number of rotatable bonds is 11. The van der Waals surface area contributed by atoms with Crippen molar-refractivity contribution < 1.29 is 9.90 Å². The van der Waals surface area contributed by atoms with Gasteiger partial charge in [0.2, 0.25) is 0 Å². The molecule has 16 heavy (non-hydrogen) atoms. The highest BCUT2D eigenvalue weighted by molar-refractivity contribution is 8.00. The third-order valence-corrected chi connectivity index (χ3v) is 4.57. The molecule has 0 fully saturated rings. The first-order chi connectivity index (χ1) is 7.70. The summed E-state index contributed by atoms with van der Waals surface area (Å²) in [7, 11) is 0. The van der Waals surface area contributed by atoms with Gasteiger partial charge in [0, 0.05) is 11.7 Å². The van der Waals surface area contributed by atoms with Crippen LogP contribution in [0.15, 0.2) is 0 Å². The molecule has 4 heteroatoms. The minimum Gasteiger partial charge on any atom is -0.481 e. The Bertz CT molecular complexity index is 174. The average Bonchev–Trinajstić information content (AvgIpc) is 2.24. The molecule has 0 heterocycles. The molecular formula is C12H24O2S2. The minimum atomic E-state index is -0.666. The molecule has 0 amide bonds. The molecule has 0 aliphatic heterocycles. The van der Waals surface area contributed by atoms with E-state index in [0.717, 1.165) is 18.1 Å². The van der Waals surface area contributed by atoms with Crippen LogP contribution in [-0.4, -0.2) is 33.6 Å². The van der Waals surface area contributed by atoms with Gasteiger partial charge in [-0.05, 0) is 36.5 Å². The minimum absolute atomic E-state index is 0.327. The SMILES string of the molecule is CCSCCC(CCCCC(=O)O)SCC. The molecule has 0 aliphatic rings. The number of unbranched alkanes of at least 4 members (excludes halogenated alkanes) is 1. The topological polar surface area (TPSA) is 37.3 Å². The van der Waals surface area contributed by atoms with Gasteiger partial charge in [0.05, 0.1) is 0 Å². The van der Waals surface area contributed by atoms with E-state index in [2.05, 4.69) is 13.8 Å². The Hall–Kier alpha value is 0.170. The van der Waals surface area contributed by atoms with Crippen LogP contribution in [0.1, 0.15) is 46.0 Å². The Balaban J connectivity index is 3.54. The zero-order valence-electron chi connectivity index (χ0n) is 10.4. The summed E-state index contributed by atoms with van der Waals surface area (Å²) in [4.78, 5) is 10.4. The van der Waals surface area contributed by atoms with Gasteiger partial charge in [-0.3, -0.25) is 4.79 Å². The molecule has 2 nitrogen and oxygen atoms in total. The van der Waals surface area contributed by atoms with Crippen LogP contribution in [0, 0.1) is 0 Å². The molecule has 0 saturated heterocycles. The van der Waals surface area contributed by atoms with Crippen molar-refractivity contribution in [1.82, 2.24) is 0 Å². The van der Waals surface area contributed by atoms with E-state index in [-0.39, 0.29) is 0 Å². The molecule has 0 aromatic rings. The standard InChI is InChI=1S/C12H24O2S2/c1-3-15-10-9-11(16-4-2)7-5-6-8-12(13)14/h11H,3-10H2,1-2H3,(H,13,14). The lowest BCUT2D eigenvalue weighted by molar-refractivity contribution is -0.137. The van der Waals surface area contributed by atoms with Crippen molar-refractivity contribution in [3.05, 3.63) is 0 Å². The molecule has 0 bridgehead atoms. The Labute approximate surface area is 108 Å². The van der Waals surface area contributed by atoms with Crippen LogP contribution in [0.5, 0.6) is 0 Å². The Morgan fingerprint density at radius 2 is 1.94 bits per heavy atom. The van der Waals surface area contributed by atoms with Gasteiger partial charge in [0.1, 0.15) is 0 Å². The molecule has 0 aromatic carbocycles. The number of aliphatic carboxylic acids is 1. The largest absolute Gasteiger partial charge is 0.481 e. The second-order valence-corrected chi connectivity index (χ2v) is 6.67. The van der Waals surface area contributed by atoms with E-state index in [0.29, 0.717) is 6.42 Å². The van der Waals surface area contributed by atoms with Gasteiger partial charge in [-0.15, -0.1) is 0 Å². The zero-order valence-corrected chi connectivity index (χ0v) is 12.0. The van der Waals surface area contributed by atoms with E-state index in [1.807, 2.05) is 23.5 Å². The third kappa shape index (κ3) is 10.7. The van der Waals surface area contributed by atoms with E-state index in [1.54, 1.807) is 0 Å². The molecule has 1 atom stereocenters. The van der Waals surface area contributed by atoms with Gasteiger partial charge in [0.15, 0.2) is 0 Å². The summed E-state index contributed by atoms with van der Waals surface area (Å²) in [6.07, 6.45) is 4.66. The fraction of sp³-hybridized carbons (Fsp3) is 0.917. The smallest absolute Gasteiger partial charge is 0.303 e. The van der Waals surface area contributed by atoms with Crippen molar-refractivity contribution in [2.75, 3.05) is 17.3 Å². The first-order valence-corrected chi connectivity index (χ1v) is 8.32. The molecule has 0 aliphatic carbocycles. The van der Waals surface area contributed by atoms with Crippen molar-refractivity contribution in [3.8, 4) is 0 Å². The molecule has 0 aromatic heterocycles. The van der Waals surface area contributed by atoms with Gasteiger partial charge >= 0.3 is 5.97 Å². The highest BCUT2D eigenvalue weighted by Gasteiger charge is 2.08. The number of hydrogen-bond acceptors (Lipinski definition) is 3. The van der Waals surface area contributed by atoms with Crippen LogP contribution >= 0.6 is 23.5 Å². The molecule has 0 rings (SSSR count). The number of thioether (sulfide) groups is 2. The van der Waals surface area contributed by atoms with E-state index < -0.39 is 5.97 Å². The summed E-state index contributed by atoms with van der Waals surface area (Å²) in [6.45, 7) is 4.39. The van der Waals surface area contributed by atoms with Crippen molar-refractivity contribution >= 4 is 29.5 Å². The first-order valence-electron chi connectivity index (χ1n) is 6.11. The summed E-state index contributed by atoms with van der Waals surface area (Å²) in [5, 5.41) is 9.28. The molecule has 1 N–H and O–H groups in total. The summed E-state index contributed by atoms with van der Waals surface area (Å²) in [6, 6.07) is 0. The van der Waals surface area contributed by atoms with Gasteiger partial charge in [0.25, 0.3) is 0 Å². The van der Waals surface area contributed by atoms with Crippen LogP contribution < -0.4 is 0 Å².